The van der Waals surface area contributed by atoms with Crippen LogP contribution in [0.25, 0.3) is 0 Å². The number of nitrogens with one attached hydrogen (secondary N) is 2. The van der Waals surface area contributed by atoms with Crippen molar-refractivity contribution in [1.29, 1.82) is 0 Å². The van der Waals surface area contributed by atoms with E-state index in [1.54, 1.807) is 36.0 Å². The summed E-state index contributed by atoms with van der Waals surface area (Å²) in [7, 11) is 0. The van der Waals surface area contributed by atoms with E-state index in [1.807, 2.05) is 0 Å². The summed E-state index contributed by atoms with van der Waals surface area (Å²) in [6.07, 6.45) is 0.777. The molecule has 1 aromatic carbocycles. The molecule has 116 valence electrons. The van der Waals surface area contributed by atoms with Crippen molar-refractivity contribution in [1.82, 2.24) is 10.6 Å². The topological polar surface area (TPSA) is 104 Å². The Labute approximate surface area is 128 Å². The van der Waals surface area contributed by atoms with Gasteiger partial charge in [0.2, 0.25) is 0 Å². The predicted molar refractivity (Wildman–Crippen MR) is 84.2 cm³/mol. The zero-order chi connectivity index (χ0) is 15.5. The van der Waals surface area contributed by atoms with Gasteiger partial charge in [-0.2, -0.15) is 11.8 Å². The van der Waals surface area contributed by atoms with Gasteiger partial charge in [-0.1, -0.05) is 12.1 Å². The highest BCUT2D eigenvalue weighted by atomic mass is 32.2. The van der Waals surface area contributed by atoms with Crippen molar-refractivity contribution in [2.24, 2.45) is 5.73 Å². The molecule has 0 atom stereocenters. The molecule has 3 amide bonds. The molecular weight excluding hydrogens is 290 g/mol. The molecule has 0 heterocycles. The summed E-state index contributed by atoms with van der Waals surface area (Å²) >= 11 is 1.70. The largest absolute Gasteiger partial charge is 0.396 e. The number of carbonyl (C=O) groups is 2. The van der Waals surface area contributed by atoms with E-state index >= 15 is 0 Å². The first-order valence-electron chi connectivity index (χ1n) is 6.72. The van der Waals surface area contributed by atoms with Crippen molar-refractivity contribution in [2.45, 2.75) is 13.0 Å². The van der Waals surface area contributed by atoms with Crippen molar-refractivity contribution in [2.75, 3.05) is 24.7 Å². The number of hydrogen-bond donors (Lipinski definition) is 4. The Kier molecular flexibility index (Phi) is 8.30. The highest BCUT2D eigenvalue weighted by Gasteiger charge is 2.04. The third-order valence-electron chi connectivity index (χ3n) is 2.66. The van der Waals surface area contributed by atoms with E-state index in [0.29, 0.717) is 18.7 Å². The van der Waals surface area contributed by atoms with Crippen LogP contribution in [0.3, 0.4) is 0 Å². The smallest absolute Gasteiger partial charge is 0.312 e. The number of amides is 3. The van der Waals surface area contributed by atoms with Crippen LogP contribution >= 0.6 is 11.8 Å². The van der Waals surface area contributed by atoms with E-state index in [4.69, 9.17) is 10.8 Å². The highest BCUT2D eigenvalue weighted by molar-refractivity contribution is 7.99. The number of carbonyl (C=O) groups excluding carboxylic acids is 2. The highest BCUT2D eigenvalue weighted by Crippen LogP contribution is 2.05. The van der Waals surface area contributed by atoms with Crippen LogP contribution in [0.4, 0.5) is 4.79 Å². The van der Waals surface area contributed by atoms with Gasteiger partial charge in [0.25, 0.3) is 5.91 Å². The molecule has 0 saturated heterocycles. The quantitative estimate of drug-likeness (QED) is 0.504. The summed E-state index contributed by atoms with van der Waals surface area (Å²) in [4.78, 5) is 22.5. The normalized spacial score (nSPS) is 10.1. The van der Waals surface area contributed by atoms with Gasteiger partial charge in [0.15, 0.2) is 0 Å². The minimum absolute atomic E-state index is 0.118. The summed E-state index contributed by atoms with van der Waals surface area (Å²) in [5.74, 6) is 1.60. The third kappa shape index (κ3) is 7.57. The Balaban J connectivity index is 2.29. The van der Waals surface area contributed by atoms with Gasteiger partial charge in [-0.05, 0) is 29.9 Å². The number of urea groups is 1. The molecule has 0 saturated carbocycles. The Bertz CT molecular complexity index is 451. The van der Waals surface area contributed by atoms with Crippen LogP contribution < -0.4 is 16.4 Å². The Hall–Kier alpha value is -1.73. The van der Waals surface area contributed by atoms with E-state index < -0.39 is 6.03 Å². The SMILES string of the molecule is NC(=O)NCc1ccc(C(=O)NCCSCCCO)cc1. The average molecular weight is 311 g/mol. The fourth-order valence-electron chi connectivity index (χ4n) is 1.57. The molecule has 1 aromatic rings. The first-order valence-corrected chi connectivity index (χ1v) is 7.88. The number of rotatable bonds is 9. The molecule has 1 rings (SSSR count). The third-order valence-corrected chi connectivity index (χ3v) is 3.73. The number of nitrogens with two attached hydrogens (primary N) is 1. The first kappa shape index (κ1) is 17.3. The van der Waals surface area contributed by atoms with Gasteiger partial charge in [-0.25, -0.2) is 4.79 Å². The Morgan fingerprint density at radius 1 is 1.14 bits per heavy atom. The molecular formula is C14H21N3O3S. The van der Waals surface area contributed by atoms with Crippen molar-refractivity contribution >= 4 is 23.7 Å². The van der Waals surface area contributed by atoms with Crippen molar-refractivity contribution < 1.29 is 14.7 Å². The minimum atomic E-state index is -0.574. The number of thioether (sulfide) groups is 1. The second-order valence-corrected chi connectivity index (χ2v) is 5.58. The second-order valence-electron chi connectivity index (χ2n) is 4.36. The minimum Gasteiger partial charge on any atom is -0.396 e. The molecule has 0 aliphatic carbocycles. The van der Waals surface area contributed by atoms with Gasteiger partial charge in [-0.3, -0.25) is 4.79 Å². The molecule has 21 heavy (non-hydrogen) atoms. The van der Waals surface area contributed by atoms with E-state index in [2.05, 4.69) is 10.6 Å². The number of aliphatic hydroxyl groups is 1. The van der Waals surface area contributed by atoms with Gasteiger partial charge >= 0.3 is 6.03 Å². The molecule has 6 nitrogen and oxygen atoms in total. The average Bonchev–Trinajstić information content (AvgIpc) is 2.49. The van der Waals surface area contributed by atoms with Crippen LogP contribution in [0.1, 0.15) is 22.3 Å². The maximum absolute atomic E-state index is 11.9. The molecule has 5 N–H and O–H groups in total. The lowest BCUT2D eigenvalue weighted by atomic mass is 10.1. The number of aliphatic hydroxyl groups excluding tert-OH is 1. The fraction of sp³-hybridized carbons (Fsp3) is 0.429. The summed E-state index contributed by atoms with van der Waals surface area (Å²) in [5.41, 5.74) is 6.45. The van der Waals surface area contributed by atoms with E-state index in [9.17, 15) is 9.59 Å². The van der Waals surface area contributed by atoms with Crippen LogP contribution in [0.2, 0.25) is 0 Å². The van der Waals surface area contributed by atoms with Gasteiger partial charge < -0.3 is 21.5 Å². The van der Waals surface area contributed by atoms with Crippen LogP contribution in [-0.2, 0) is 6.54 Å². The molecule has 0 aliphatic rings. The predicted octanol–water partition coefficient (Wildman–Crippen LogP) is 0.700. The molecule has 7 heteroatoms. The number of primary amides is 1. The van der Waals surface area contributed by atoms with Crippen molar-refractivity contribution in [3.05, 3.63) is 35.4 Å². The zero-order valence-electron chi connectivity index (χ0n) is 11.8. The number of benzene rings is 1. The standard InChI is InChI=1S/C14H21N3O3S/c15-14(20)17-10-11-2-4-12(5-3-11)13(19)16-6-9-21-8-1-7-18/h2-5,18H,1,6-10H2,(H,16,19)(H3,15,17,20). The lowest BCUT2D eigenvalue weighted by Crippen LogP contribution is -2.28. The van der Waals surface area contributed by atoms with Gasteiger partial charge in [0.1, 0.15) is 0 Å². The van der Waals surface area contributed by atoms with Crippen molar-refractivity contribution in [3.63, 3.8) is 0 Å². The Morgan fingerprint density at radius 3 is 2.48 bits per heavy atom. The molecule has 0 bridgehead atoms. The molecule has 0 spiro atoms. The maximum atomic E-state index is 11.9. The van der Waals surface area contributed by atoms with Crippen LogP contribution in [0.15, 0.2) is 24.3 Å². The fourth-order valence-corrected chi connectivity index (χ4v) is 2.35. The maximum Gasteiger partial charge on any atom is 0.312 e. The molecule has 0 aromatic heterocycles. The Morgan fingerprint density at radius 2 is 1.86 bits per heavy atom. The lowest BCUT2D eigenvalue weighted by molar-refractivity contribution is 0.0956. The van der Waals surface area contributed by atoms with E-state index in [1.165, 1.54) is 0 Å². The van der Waals surface area contributed by atoms with Gasteiger partial charge in [-0.15, -0.1) is 0 Å². The zero-order valence-corrected chi connectivity index (χ0v) is 12.6. The molecule has 0 aliphatic heterocycles. The summed E-state index contributed by atoms with van der Waals surface area (Å²) in [6.45, 7) is 1.15. The monoisotopic (exact) mass is 311 g/mol. The van der Waals surface area contributed by atoms with Gasteiger partial charge in [0.05, 0.1) is 0 Å². The lowest BCUT2D eigenvalue weighted by Gasteiger charge is -2.06. The van der Waals surface area contributed by atoms with Gasteiger partial charge in [0, 0.05) is 31.0 Å². The van der Waals surface area contributed by atoms with Crippen LogP contribution in [-0.4, -0.2) is 41.7 Å². The van der Waals surface area contributed by atoms with Crippen LogP contribution in [0.5, 0.6) is 0 Å². The first-order chi connectivity index (χ1) is 10.1. The van der Waals surface area contributed by atoms with E-state index in [-0.39, 0.29) is 12.5 Å². The van der Waals surface area contributed by atoms with E-state index in [0.717, 1.165) is 23.5 Å². The second kappa shape index (κ2) is 10.1. The molecule has 0 fully saturated rings. The molecule has 0 unspecified atom stereocenters. The summed E-state index contributed by atoms with van der Waals surface area (Å²) in [6, 6.07) is 6.41. The van der Waals surface area contributed by atoms with Crippen molar-refractivity contribution in [3.8, 4) is 0 Å². The molecule has 0 radical (unpaired) electrons. The van der Waals surface area contributed by atoms with Crippen LogP contribution in [0, 0.1) is 0 Å². The summed E-state index contributed by atoms with van der Waals surface area (Å²) in [5, 5.41) is 14.0. The summed E-state index contributed by atoms with van der Waals surface area (Å²) < 4.78 is 0. The number of hydrogen-bond acceptors (Lipinski definition) is 4.